The van der Waals surface area contributed by atoms with Gasteiger partial charge in [0.05, 0.1) is 15.4 Å². The molecule has 0 aliphatic carbocycles. The molecule has 0 fully saturated rings. The molecule has 0 saturated heterocycles. The van der Waals surface area contributed by atoms with Gasteiger partial charge in [-0.05, 0) is 40.2 Å². The first-order valence-corrected chi connectivity index (χ1v) is 8.14. The zero-order valence-corrected chi connectivity index (χ0v) is 14.2. The van der Waals surface area contributed by atoms with Gasteiger partial charge in [0.2, 0.25) is 0 Å². The molecule has 0 radical (unpaired) electrons. The van der Waals surface area contributed by atoms with Crippen LogP contribution in [-0.2, 0) is 0 Å². The van der Waals surface area contributed by atoms with E-state index < -0.39 is 0 Å². The highest BCUT2D eigenvalue weighted by molar-refractivity contribution is 9.11. The highest BCUT2D eigenvalue weighted by Gasteiger charge is 2.13. The van der Waals surface area contributed by atoms with E-state index in [2.05, 4.69) is 36.8 Å². The number of hydrogen-bond acceptors (Lipinski definition) is 3. The van der Waals surface area contributed by atoms with Gasteiger partial charge in [0.1, 0.15) is 10.5 Å². The molecule has 0 aliphatic rings. The Labute approximate surface area is 135 Å². The number of aromatic nitrogens is 1. The van der Waals surface area contributed by atoms with Crippen LogP contribution in [0.15, 0.2) is 39.3 Å². The third kappa shape index (κ3) is 2.40. The molecular weight excluding hydrogens is 411 g/mol. The summed E-state index contributed by atoms with van der Waals surface area (Å²) in [6.07, 6.45) is 0. The quantitative estimate of drug-likeness (QED) is 0.513. The van der Waals surface area contributed by atoms with Gasteiger partial charge in [-0.2, -0.15) is 0 Å². The van der Waals surface area contributed by atoms with Crippen molar-refractivity contribution in [3.8, 4) is 10.6 Å². The molecule has 0 saturated carbocycles. The summed E-state index contributed by atoms with van der Waals surface area (Å²) in [7, 11) is 0. The molecule has 2 N–H and O–H groups in total. The standard InChI is InChI=1S/C13H7Br2ClN2S/c14-6-4-7(11(17)8(15)5-6)13-18-12-9(16)2-1-3-10(12)19-13/h1-5H,17H2. The van der Waals surface area contributed by atoms with E-state index in [9.17, 15) is 0 Å². The fraction of sp³-hybridized carbons (Fsp3) is 0. The van der Waals surface area contributed by atoms with Crippen LogP contribution in [0, 0.1) is 0 Å². The molecule has 2 nitrogen and oxygen atoms in total. The fourth-order valence-corrected chi connectivity index (χ4v) is 4.31. The molecule has 1 heterocycles. The van der Waals surface area contributed by atoms with Gasteiger partial charge in [0, 0.05) is 14.5 Å². The number of anilines is 1. The maximum absolute atomic E-state index is 6.15. The van der Waals surface area contributed by atoms with Crippen LogP contribution in [0.2, 0.25) is 5.02 Å². The lowest BCUT2D eigenvalue weighted by molar-refractivity contribution is 1.46. The van der Waals surface area contributed by atoms with Gasteiger partial charge < -0.3 is 5.73 Å². The minimum absolute atomic E-state index is 0.660. The number of thiazole rings is 1. The van der Waals surface area contributed by atoms with Gasteiger partial charge in [0.25, 0.3) is 0 Å². The maximum Gasteiger partial charge on any atom is 0.126 e. The van der Waals surface area contributed by atoms with Crippen LogP contribution in [0.1, 0.15) is 0 Å². The Hall–Kier alpha value is -0.620. The summed E-state index contributed by atoms with van der Waals surface area (Å²) in [5.74, 6) is 0. The Morgan fingerprint density at radius 3 is 2.74 bits per heavy atom. The molecule has 0 bridgehead atoms. The molecule has 0 spiro atoms. The lowest BCUT2D eigenvalue weighted by Crippen LogP contribution is -1.91. The first-order chi connectivity index (χ1) is 9.06. The number of para-hydroxylation sites is 1. The lowest BCUT2D eigenvalue weighted by atomic mass is 10.2. The van der Waals surface area contributed by atoms with E-state index >= 15 is 0 Å². The average Bonchev–Trinajstić information content (AvgIpc) is 2.79. The molecule has 6 heteroatoms. The number of rotatable bonds is 1. The zero-order valence-electron chi connectivity index (χ0n) is 9.45. The van der Waals surface area contributed by atoms with E-state index in [1.165, 1.54) is 0 Å². The minimum Gasteiger partial charge on any atom is -0.397 e. The molecule has 2 aromatic carbocycles. The van der Waals surface area contributed by atoms with Crippen molar-refractivity contribution in [3.63, 3.8) is 0 Å². The summed E-state index contributed by atoms with van der Waals surface area (Å²) >= 11 is 14.6. The predicted molar refractivity (Wildman–Crippen MR) is 89.9 cm³/mol. The van der Waals surface area contributed by atoms with Gasteiger partial charge >= 0.3 is 0 Å². The Morgan fingerprint density at radius 2 is 2.00 bits per heavy atom. The van der Waals surface area contributed by atoms with Gasteiger partial charge in [0.15, 0.2) is 0 Å². The van der Waals surface area contributed by atoms with Gasteiger partial charge in [-0.1, -0.05) is 33.6 Å². The third-order valence-electron chi connectivity index (χ3n) is 2.69. The molecule has 1 aromatic heterocycles. The van der Waals surface area contributed by atoms with Crippen molar-refractivity contribution in [3.05, 3.63) is 44.3 Å². The van der Waals surface area contributed by atoms with E-state index in [4.69, 9.17) is 17.3 Å². The molecule has 0 amide bonds. The highest BCUT2D eigenvalue weighted by Crippen LogP contribution is 2.39. The Balaban J connectivity index is 2.28. The summed E-state index contributed by atoms with van der Waals surface area (Å²) < 4.78 is 2.86. The number of hydrogen-bond donors (Lipinski definition) is 1. The molecular formula is C13H7Br2ClN2S. The van der Waals surface area contributed by atoms with Crippen molar-refractivity contribution in [1.29, 1.82) is 0 Å². The van der Waals surface area contributed by atoms with Gasteiger partial charge in [-0.25, -0.2) is 4.98 Å². The van der Waals surface area contributed by atoms with Crippen LogP contribution >= 0.6 is 54.8 Å². The fourth-order valence-electron chi connectivity index (χ4n) is 1.79. The minimum atomic E-state index is 0.660. The highest BCUT2D eigenvalue weighted by atomic mass is 79.9. The summed E-state index contributed by atoms with van der Waals surface area (Å²) in [6.45, 7) is 0. The third-order valence-corrected chi connectivity index (χ3v) is 5.17. The number of halogens is 3. The molecule has 19 heavy (non-hydrogen) atoms. The van der Waals surface area contributed by atoms with Crippen LogP contribution in [0.25, 0.3) is 20.8 Å². The van der Waals surface area contributed by atoms with Crippen molar-refractivity contribution in [1.82, 2.24) is 4.98 Å². The van der Waals surface area contributed by atoms with Crippen LogP contribution in [-0.4, -0.2) is 4.98 Å². The number of nitrogen functional groups attached to an aromatic ring is 1. The molecule has 96 valence electrons. The second-order valence-electron chi connectivity index (χ2n) is 3.95. The largest absolute Gasteiger partial charge is 0.397 e. The van der Waals surface area contributed by atoms with Crippen molar-refractivity contribution >= 4 is 70.7 Å². The average molecular weight is 419 g/mol. The summed E-state index contributed by atoms with van der Waals surface area (Å²) in [6, 6.07) is 9.65. The van der Waals surface area contributed by atoms with Crippen molar-refractivity contribution in [2.24, 2.45) is 0 Å². The second kappa shape index (κ2) is 5.05. The first-order valence-electron chi connectivity index (χ1n) is 5.36. The zero-order chi connectivity index (χ0) is 13.6. The number of fused-ring (bicyclic) bond motifs is 1. The second-order valence-corrected chi connectivity index (χ2v) is 7.16. The summed E-state index contributed by atoms with van der Waals surface area (Å²) in [5.41, 5.74) is 8.51. The number of nitrogens with zero attached hydrogens (tertiary/aromatic N) is 1. The van der Waals surface area contributed by atoms with Crippen LogP contribution < -0.4 is 5.73 Å². The summed E-state index contributed by atoms with van der Waals surface area (Å²) in [4.78, 5) is 4.59. The normalized spacial score (nSPS) is 11.1. The Morgan fingerprint density at radius 1 is 1.21 bits per heavy atom. The molecule has 0 atom stereocenters. The van der Waals surface area contributed by atoms with Crippen LogP contribution in [0.4, 0.5) is 5.69 Å². The Bertz CT molecular complexity index is 786. The van der Waals surface area contributed by atoms with E-state index in [1.807, 2.05) is 30.3 Å². The number of benzene rings is 2. The van der Waals surface area contributed by atoms with Crippen molar-refractivity contribution in [2.45, 2.75) is 0 Å². The van der Waals surface area contributed by atoms with Crippen molar-refractivity contribution in [2.75, 3.05) is 5.73 Å². The van der Waals surface area contributed by atoms with E-state index in [0.29, 0.717) is 10.7 Å². The van der Waals surface area contributed by atoms with E-state index in [1.54, 1.807) is 11.3 Å². The van der Waals surface area contributed by atoms with Crippen molar-refractivity contribution < 1.29 is 0 Å². The monoisotopic (exact) mass is 416 g/mol. The smallest absolute Gasteiger partial charge is 0.126 e. The van der Waals surface area contributed by atoms with E-state index in [0.717, 1.165) is 29.7 Å². The van der Waals surface area contributed by atoms with Crippen LogP contribution in [0.3, 0.4) is 0 Å². The molecule has 3 rings (SSSR count). The maximum atomic E-state index is 6.15. The predicted octanol–water partition coefficient (Wildman–Crippen LogP) is 5.72. The van der Waals surface area contributed by atoms with Gasteiger partial charge in [-0.15, -0.1) is 11.3 Å². The van der Waals surface area contributed by atoms with Gasteiger partial charge in [-0.3, -0.25) is 0 Å². The molecule has 3 aromatic rings. The lowest BCUT2D eigenvalue weighted by Gasteiger charge is -2.05. The summed E-state index contributed by atoms with van der Waals surface area (Å²) in [5, 5.41) is 1.52. The molecule has 0 unspecified atom stereocenters. The SMILES string of the molecule is Nc1c(Br)cc(Br)cc1-c1nc2c(Cl)cccc2s1. The van der Waals surface area contributed by atoms with Crippen LogP contribution in [0.5, 0.6) is 0 Å². The molecule has 0 aliphatic heterocycles. The number of nitrogens with two attached hydrogens (primary N) is 1. The van der Waals surface area contributed by atoms with E-state index in [-0.39, 0.29) is 0 Å². The topological polar surface area (TPSA) is 38.9 Å². The first kappa shape index (κ1) is 13.4. The Kier molecular flexibility index (Phi) is 3.55.